The zero-order valence-electron chi connectivity index (χ0n) is 17.7. The highest BCUT2D eigenvalue weighted by molar-refractivity contribution is 7.95. The van der Waals surface area contributed by atoms with E-state index in [0.717, 1.165) is 36.7 Å². The molecule has 168 valence electrons. The number of rotatable bonds is 7. The number of amides is 2. The predicted octanol–water partition coefficient (Wildman–Crippen LogP) is 3.23. The lowest BCUT2D eigenvalue weighted by molar-refractivity contribution is -0.126. The summed E-state index contributed by atoms with van der Waals surface area (Å²) in [5, 5.41) is 4.14. The van der Waals surface area contributed by atoms with Crippen molar-refractivity contribution in [2.24, 2.45) is 5.92 Å². The highest BCUT2D eigenvalue weighted by Crippen LogP contribution is 2.23. The van der Waals surface area contributed by atoms with Crippen molar-refractivity contribution in [2.75, 3.05) is 17.8 Å². The molecule has 1 unspecified atom stereocenters. The molecule has 32 heavy (non-hydrogen) atoms. The first kappa shape index (κ1) is 22.1. The van der Waals surface area contributed by atoms with Crippen LogP contribution >= 0.6 is 0 Å². The molecule has 1 saturated carbocycles. The topological polar surface area (TPSA) is 95.6 Å². The van der Waals surface area contributed by atoms with E-state index in [-0.39, 0.29) is 17.7 Å². The van der Waals surface area contributed by atoms with E-state index in [9.17, 15) is 18.0 Å². The Labute approximate surface area is 188 Å². The van der Waals surface area contributed by atoms with E-state index in [1.165, 1.54) is 6.08 Å². The van der Waals surface area contributed by atoms with Gasteiger partial charge in [-0.3, -0.25) is 14.3 Å². The van der Waals surface area contributed by atoms with Crippen LogP contribution in [0.25, 0.3) is 6.08 Å². The van der Waals surface area contributed by atoms with Crippen molar-refractivity contribution in [2.45, 2.75) is 31.7 Å². The molecule has 2 aliphatic rings. The SMILES string of the molecule is O=C(NC1CC1)C1CCCN(C(=O)c2ccc(NS(=O)(=O)/C=C/c3ccccc3)cc2)C1. The van der Waals surface area contributed by atoms with E-state index < -0.39 is 10.0 Å². The second kappa shape index (κ2) is 9.56. The van der Waals surface area contributed by atoms with Crippen molar-refractivity contribution in [3.05, 3.63) is 71.1 Å². The Balaban J connectivity index is 1.35. The molecule has 1 heterocycles. The highest BCUT2D eigenvalue weighted by atomic mass is 32.2. The first-order valence-corrected chi connectivity index (χ1v) is 12.4. The van der Waals surface area contributed by atoms with E-state index in [4.69, 9.17) is 0 Å². The number of benzene rings is 2. The van der Waals surface area contributed by atoms with Gasteiger partial charge in [0, 0.05) is 30.4 Å². The van der Waals surface area contributed by atoms with Crippen LogP contribution in [0, 0.1) is 5.92 Å². The smallest absolute Gasteiger partial charge is 0.255 e. The average Bonchev–Trinajstić information content (AvgIpc) is 3.62. The summed E-state index contributed by atoms with van der Waals surface area (Å²) in [7, 11) is -3.68. The van der Waals surface area contributed by atoms with Crippen LogP contribution in [0.1, 0.15) is 41.6 Å². The molecule has 0 radical (unpaired) electrons. The summed E-state index contributed by atoms with van der Waals surface area (Å²) < 4.78 is 27.1. The lowest BCUT2D eigenvalue weighted by Crippen LogP contribution is -2.45. The summed E-state index contributed by atoms with van der Waals surface area (Å²) in [4.78, 5) is 27.0. The highest BCUT2D eigenvalue weighted by Gasteiger charge is 2.32. The number of sulfonamides is 1. The van der Waals surface area contributed by atoms with E-state index in [1.54, 1.807) is 29.2 Å². The monoisotopic (exact) mass is 453 g/mol. The Morgan fingerprint density at radius 3 is 2.38 bits per heavy atom. The first-order valence-electron chi connectivity index (χ1n) is 10.9. The summed E-state index contributed by atoms with van der Waals surface area (Å²) in [6.45, 7) is 1.03. The van der Waals surface area contributed by atoms with Gasteiger partial charge in [-0.25, -0.2) is 8.42 Å². The first-order chi connectivity index (χ1) is 15.4. The third kappa shape index (κ3) is 5.97. The molecular formula is C24H27N3O4S. The lowest BCUT2D eigenvalue weighted by atomic mass is 9.96. The van der Waals surface area contributed by atoms with Gasteiger partial charge in [-0.2, -0.15) is 0 Å². The third-order valence-corrected chi connectivity index (χ3v) is 6.65. The molecule has 4 rings (SSSR count). The Morgan fingerprint density at radius 1 is 0.969 bits per heavy atom. The fourth-order valence-electron chi connectivity index (χ4n) is 3.72. The van der Waals surface area contributed by atoms with Crippen molar-refractivity contribution < 1.29 is 18.0 Å². The molecule has 8 heteroatoms. The molecule has 2 aromatic carbocycles. The minimum absolute atomic E-state index is 0.0401. The van der Waals surface area contributed by atoms with Crippen LogP contribution in [0.15, 0.2) is 60.0 Å². The molecule has 1 atom stereocenters. The molecule has 2 fully saturated rings. The van der Waals surface area contributed by atoms with E-state index >= 15 is 0 Å². The number of hydrogen-bond donors (Lipinski definition) is 2. The number of piperidine rings is 1. The molecule has 1 saturated heterocycles. The number of nitrogens with zero attached hydrogens (tertiary/aromatic N) is 1. The normalized spacial score (nSPS) is 19.0. The van der Waals surface area contributed by atoms with Crippen LogP contribution in [0.4, 0.5) is 5.69 Å². The summed E-state index contributed by atoms with van der Waals surface area (Å²) in [5.41, 5.74) is 1.63. The predicted molar refractivity (Wildman–Crippen MR) is 124 cm³/mol. The maximum absolute atomic E-state index is 12.9. The second-order valence-corrected chi connectivity index (χ2v) is 9.88. The van der Waals surface area contributed by atoms with Crippen LogP contribution in [0.2, 0.25) is 0 Å². The van der Waals surface area contributed by atoms with Gasteiger partial charge in [-0.15, -0.1) is 0 Å². The molecule has 1 aliphatic carbocycles. The van der Waals surface area contributed by atoms with Crippen molar-refractivity contribution in [3.63, 3.8) is 0 Å². The summed E-state index contributed by atoms with van der Waals surface area (Å²) in [6.07, 6.45) is 5.19. The lowest BCUT2D eigenvalue weighted by Gasteiger charge is -2.32. The molecule has 2 N–H and O–H groups in total. The maximum Gasteiger partial charge on any atom is 0.255 e. The van der Waals surface area contributed by atoms with Crippen molar-refractivity contribution >= 4 is 33.6 Å². The number of hydrogen-bond acceptors (Lipinski definition) is 4. The molecule has 7 nitrogen and oxygen atoms in total. The van der Waals surface area contributed by atoms with Gasteiger partial charge in [0.05, 0.1) is 11.3 Å². The largest absolute Gasteiger partial charge is 0.353 e. The summed E-state index contributed by atoms with van der Waals surface area (Å²) >= 11 is 0. The van der Waals surface area contributed by atoms with E-state index in [2.05, 4.69) is 10.0 Å². The number of carbonyl (C=O) groups excluding carboxylic acids is 2. The zero-order valence-corrected chi connectivity index (χ0v) is 18.6. The Hall–Kier alpha value is -3.13. The molecule has 2 amide bonds. The van der Waals surface area contributed by atoms with Crippen molar-refractivity contribution in [1.29, 1.82) is 0 Å². The number of carbonyl (C=O) groups is 2. The minimum atomic E-state index is -3.68. The minimum Gasteiger partial charge on any atom is -0.353 e. The van der Waals surface area contributed by atoms with Crippen LogP contribution < -0.4 is 10.0 Å². The second-order valence-electron chi connectivity index (χ2n) is 8.31. The van der Waals surface area contributed by atoms with Gasteiger partial charge in [0.15, 0.2) is 0 Å². The quantitative estimate of drug-likeness (QED) is 0.673. The van der Waals surface area contributed by atoms with Gasteiger partial charge in [0.2, 0.25) is 5.91 Å². The summed E-state index contributed by atoms with van der Waals surface area (Å²) in [6, 6.07) is 15.8. The van der Waals surface area contributed by atoms with E-state index in [0.29, 0.717) is 30.4 Å². The maximum atomic E-state index is 12.9. The molecule has 0 bridgehead atoms. The Morgan fingerprint density at radius 2 is 1.69 bits per heavy atom. The van der Waals surface area contributed by atoms with Gasteiger partial charge in [-0.1, -0.05) is 30.3 Å². The standard InChI is InChI=1S/C24H27N3O4S/c28-23(25-21-12-13-21)20-7-4-15-27(17-20)24(29)19-8-10-22(11-9-19)26-32(30,31)16-14-18-5-2-1-3-6-18/h1-3,5-6,8-11,14,16,20-21,26H,4,7,12-13,15,17H2,(H,25,28)/b16-14+. The van der Waals surface area contributed by atoms with Crippen molar-refractivity contribution in [3.8, 4) is 0 Å². The van der Waals surface area contributed by atoms with Gasteiger partial charge >= 0.3 is 0 Å². The number of anilines is 1. The van der Waals surface area contributed by atoms with Gasteiger partial charge < -0.3 is 10.2 Å². The Kier molecular flexibility index (Phi) is 6.60. The fourth-order valence-corrected chi connectivity index (χ4v) is 4.59. The summed E-state index contributed by atoms with van der Waals surface area (Å²) in [5.74, 6) is -0.276. The third-order valence-electron chi connectivity index (χ3n) is 5.63. The number of nitrogens with one attached hydrogen (secondary N) is 2. The van der Waals surface area contributed by atoms with Crippen LogP contribution in [0.5, 0.6) is 0 Å². The zero-order chi connectivity index (χ0) is 22.6. The average molecular weight is 454 g/mol. The Bertz CT molecular complexity index is 1090. The fraction of sp³-hybridized carbons (Fsp3) is 0.333. The molecule has 2 aromatic rings. The van der Waals surface area contributed by atoms with Crippen LogP contribution in [-0.2, 0) is 14.8 Å². The van der Waals surface area contributed by atoms with Crippen LogP contribution in [0.3, 0.4) is 0 Å². The van der Waals surface area contributed by atoms with Crippen molar-refractivity contribution in [1.82, 2.24) is 10.2 Å². The van der Waals surface area contributed by atoms with Gasteiger partial charge in [0.25, 0.3) is 15.9 Å². The molecule has 0 spiro atoms. The molecular weight excluding hydrogens is 426 g/mol. The van der Waals surface area contributed by atoms with Gasteiger partial charge in [0.1, 0.15) is 0 Å². The molecule has 0 aromatic heterocycles. The number of likely N-dealkylation sites (tertiary alicyclic amines) is 1. The van der Waals surface area contributed by atoms with E-state index in [1.807, 2.05) is 30.3 Å². The van der Waals surface area contributed by atoms with Gasteiger partial charge in [-0.05, 0) is 61.6 Å². The van der Waals surface area contributed by atoms with Crippen LogP contribution in [-0.4, -0.2) is 44.3 Å². The molecule has 1 aliphatic heterocycles.